The van der Waals surface area contributed by atoms with Crippen molar-refractivity contribution in [1.29, 1.82) is 0 Å². The second-order valence-electron chi connectivity index (χ2n) is 8.14. The van der Waals surface area contributed by atoms with E-state index in [1.54, 1.807) is 0 Å². The molecule has 0 bridgehead atoms. The Bertz CT molecular complexity index is 824. The number of hydrogen-bond donors (Lipinski definition) is 2. The minimum atomic E-state index is -3.68. The van der Waals surface area contributed by atoms with Gasteiger partial charge in [-0.1, -0.05) is 13.8 Å². The number of amides is 1. The van der Waals surface area contributed by atoms with Gasteiger partial charge in [-0.2, -0.15) is 4.31 Å². The fourth-order valence-electron chi connectivity index (χ4n) is 3.57. The van der Waals surface area contributed by atoms with E-state index in [4.69, 9.17) is 5.11 Å². The molecule has 1 aromatic carbocycles. The summed E-state index contributed by atoms with van der Waals surface area (Å²) in [5, 5.41) is 11.9. The lowest BCUT2D eigenvalue weighted by atomic mass is 9.97. The Kier molecular flexibility index (Phi) is 5.31. The number of carboxylic acids is 1. The van der Waals surface area contributed by atoms with Crippen LogP contribution in [0.1, 0.15) is 43.5 Å². The number of benzene rings is 1. The zero-order valence-electron chi connectivity index (χ0n) is 15.6. The molecule has 1 atom stereocenters. The van der Waals surface area contributed by atoms with E-state index >= 15 is 0 Å². The molecule has 0 radical (unpaired) electrons. The second-order valence-corrected chi connectivity index (χ2v) is 10.1. The number of sulfonamides is 1. The Balaban J connectivity index is 1.54. The van der Waals surface area contributed by atoms with Crippen molar-refractivity contribution in [3.63, 3.8) is 0 Å². The van der Waals surface area contributed by atoms with Gasteiger partial charge in [-0.3, -0.25) is 4.79 Å². The molecule has 0 aromatic heterocycles. The van der Waals surface area contributed by atoms with Crippen LogP contribution in [-0.2, 0) is 14.8 Å². The third-order valence-electron chi connectivity index (χ3n) is 5.80. The van der Waals surface area contributed by atoms with Gasteiger partial charge in [0.2, 0.25) is 15.9 Å². The molecule has 3 rings (SSSR count). The summed E-state index contributed by atoms with van der Waals surface area (Å²) in [4.78, 5) is 23.3. The highest BCUT2D eigenvalue weighted by Crippen LogP contribution is 2.51. The van der Waals surface area contributed by atoms with Crippen LogP contribution in [0.2, 0.25) is 0 Å². The van der Waals surface area contributed by atoms with Crippen molar-refractivity contribution in [2.45, 2.75) is 38.0 Å². The van der Waals surface area contributed by atoms with Gasteiger partial charge in [0.1, 0.15) is 0 Å². The molecule has 1 aromatic rings. The normalized spacial score (nSPS) is 23.0. The predicted molar refractivity (Wildman–Crippen MR) is 99.8 cm³/mol. The molecule has 8 heteroatoms. The van der Waals surface area contributed by atoms with Gasteiger partial charge in [-0.25, -0.2) is 13.2 Å². The molecule has 1 saturated heterocycles. The van der Waals surface area contributed by atoms with Crippen LogP contribution >= 0.6 is 0 Å². The van der Waals surface area contributed by atoms with Crippen LogP contribution in [0.15, 0.2) is 29.2 Å². The summed E-state index contributed by atoms with van der Waals surface area (Å²) in [5.74, 6) is -0.704. The van der Waals surface area contributed by atoms with Crippen molar-refractivity contribution in [3.8, 4) is 0 Å². The minimum Gasteiger partial charge on any atom is -0.478 e. The van der Waals surface area contributed by atoms with Crippen molar-refractivity contribution in [3.05, 3.63) is 29.8 Å². The Hall–Kier alpha value is -1.93. The first-order valence-electron chi connectivity index (χ1n) is 9.22. The fourth-order valence-corrected chi connectivity index (χ4v) is 5.04. The van der Waals surface area contributed by atoms with Crippen LogP contribution in [0.3, 0.4) is 0 Å². The van der Waals surface area contributed by atoms with E-state index in [1.165, 1.54) is 28.6 Å². The molecule has 2 fully saturated rings. The van der Waals surface area contributed by atoms with E-state index in [1.807, 2.05) is 0 Å². The Labute approximate surface area is 159 Å². The van der Waals surface area contributed by atoms with Gasteiger partial charge < -0.3 is 10.4 Å². The van der Waals surface area contributed by atoms with E-state index in [-0.39, 0.29) is 35.4 Å². The van der Waals surface area contributed by atoms with E-state index in [0.717, 1.165) is 6.42 Å². The van der Waals surface area contributed by atoms with Crippen LogP contribution in [0, 0.1) is 17.3 Å². The van der Waals surface area contributed by atoms with E-state index in [2.05, 4.69) is 19.2 Å². The quantitative estimate of drug-likeness (QED) is 0.767. The van der Waals surface area contributed by atoms with Gasteiger partial charge in [0.15, 0.2) is 0 Å². The summed E-state index contributed by atoms with van der Waals surface area (Å²) >= 11 is 0. The fraction of sp³-hybridized carbons (Fsp3) is 0.579. The molecule has 1 unspecified atom stereocenters. The molecule has 1 aliphatic carbocycles. The average molecular weight is 394 g/mol. The molecular formula is C19H26N2O5S. The summed E-state index contributed by atoms with van der Waals surface area (Å²) < 4.78 is 26.8. The molecule has 7 nitrogen and oxygen atoms in total. The van der Waals surface area contributed by atoms with E-state index in [0.29, 0.717) is 30.7 Å². The monoisotopic (exact) mass is 394 g/mol. The Morgan fingerprint density at radius 2 is 1.74 bits per heavy atom. The van der Waals surface area contributed by atoms with Crippen molar-refractivity contribution >= 4 is 21.9 Å². The number of carbonyl (C=O) groups excluding carboxylic acids is 1. The summed E-state index contributed by atoms with van der Waals surface area (Å²) in [7, 11) is -3.68. The lowest BCUT2D eigenvalue weighted by molar-refractivity contribution is -0.126. The largest absolute Gasteiger partial charge is 0.478 e. The number of aromatic carboxylic acids is 1. The lowest BCUT2D eigenvalue weighted by Crippen LogP contribution is -2.43. The van der Waals surface area contributed by atoms with Gasteiger partial charge in [0.25, 0.3) is 0 Å². The number of nitrogens with zero attached hydrogens (tertiary/aromatic N) is 1. The van der Waals surface area contributed by atoms with Crippen LogP contribution in [0.5, 0.6) is 0 Å². The number of nitrogens with one attached hydrogen (secondary N) is 1. The zero-order chi connectivity index (χ0) is 19.8. The first kappa shape index (κ1) is 19.8. The topological polar surface area (TPSA) is 104 Å². The predicted octanol–water partition coefficient (Wildman–Crippen LogP) is 1.95. The molecule has 0 spiro atoms. The SMILES string of the molecule is CC1(C)CC1CNC(=O)C1CCN(S(=O)(=O)c2ccc(C(=O)O)cc2)CC1. The number of carboxylic acid groups (broad SMARTS) is 1. The van der Waals surface area contributed by atoms with Gasteiger partial charge in [-0.15, -0.1) is 0 Å². The maximum Gasteiger partial charge on any atom is 0.335 e. The van der Waals surface area contributed by atoms with Crippen molar-refractivity contribution < 1.29 is 23.1 Å². The van der Waals surface area contributed by atoms with E-state index in [9.17, 15) is 18.0 Å². The number of rotatable bonds is 6. The lowest BCUT2D eigenvalue weighted by Gasteiger charge is -2.30. The molecule has 1 heterocycles. The first-order chi connectivity index (χ1) is 12.6. The van der Waals surface area contributed by atoms with Gasteiger partial charge >= 0.3 is 5.97 Å². The number of hydrogen-bond acceptors (Lipinski definition) is 4. The van der Waals surface area contributed by atoms with Crippen LogP contribution in [0.25, 0.3) is 0 Å². The molecular weight excluding hydrogens is 368 g/mol. The number of piperidine rings is 1. The third kappa shape index (κ3) is 4.32. The van der Waals surface area contributed by atoms with Crippen molar-refractivity contribution in [2.24, 2.45) is 17.3 Å². The molecule has 1 saturated carbocycles. The van der Waals surface area contributed by atoms with Crippen molar-refractivity contribution in [1.82, 2.24) is 9.62 Å². The highest BCUT2D eigenvalue weighted by molar-refractivity contribution is 7.89. The van der Waals surface area contributed by atoms with E-state index < -0.39 is 16.0 Å². The molecule has 1 aliphatic heterocycles. The van der Waals surface area contributed by atoms with Crippen molar-refractivity contribution in [2.75, 3.05) is 19.6 Å². The average Bonchev–Trinajstić information content (AvgIpc) is 3.26. The second kappa shape index (κ2) is 7.24. The molecule has 27 heavy (non-hydrogen) atoms. The van der Waals surface area contributed by atoms with Crippen LogP contribution < -0.4 is 5.32 Å². The maximum atomic E-state index is 12.7. The molecule has 1 amide bonds. The minimum absolute atomic E-state index is 0.0144. The zero-order valence-corrected chi connectivity index (χ0v) is 16.5. The van der Waals surface area contributed by atoms with Crippen LogP contribution in [-0.4, -0.2) is 49.3 Å². The summed E-state index contributed by atoms with van der Waals surface area (Å²) in [6, 6.07) is 5.20. The summed E-state index contributed by atoms with van der Waals surface area (Å²) in [6.45, 7) is 5.65. The highest BCUT2D eigenvalue weighted by Gasteiger charge is 2.45. The smallest absolute Gasteiger partial charge is 0.335 e. The molecule has 2 aliphatic rings. The van der Waals surface area contributed by atoms with Gasteiger partial charge in [0, 0.05) is 25.6 Å². The maximum absolute atomic E-state index is 12.7. The van der Waals surface area contributed by atoms with Gasteiger partial charge in [0.05, 0.1) is 10.5 Å². The summed E-state index contributed by atoms with van der Waals surface area (Å²) in [5.41, 5.74) is 0.365. The third-order valence-corrected chi connectivity index (χ3v) is 7.72. The standard InChI is InChI=1S/C19H26N2O5S/c1-19(2)11-15(19)12-20-17(22)13-7-9-21(10-8-13)27(25,26)16-5-3-14(4-6-16)18(23)24/h3-6,13,15H,7-12H2,1-2H3,(H,20,22)(H,23,24). The van der Waals surface area contributed by atoms with Gasteiger partial charge in [-0.05, 0) is 54.9 Å². The van der Waals surface area contributed by atoms with Crippen LogP contribution in [0.4, 0.5) is 0 Å². The highest BCUT2D eigenvalue weighted by atomic mass is 32.2. The first-order valence-corrected chi connectivity index (χ1v) is 10.7. The Morgan fingerprint density at radius 1 is 1.19 bits per heavy atom. The summed E-state index contributed by atoms with van der Waals surface area (Å²) in [6.07, 6.45) is 2.11. The Morgan fingerprint density at radius 3 is 2.22 bits per heavy atom. The number of carbonyl (C=O) groups is 2. The molecule has 2 N–H and O–H groups in total. The molecule has 148 valence electrons.